The molecule has 10 rings (SSSR count). The maximum Gasteiger partial charge on any atom is 0.340 e. The molecule has 0 aliphatic rings. The van der Waals surface area contributed by atoms with Gasteiger partial charge in [-0.05, 0) is 134 Å². The normalized spacial score (nSPS) is 11.1. The molecule has 10 aromatic carbocycles. The van der Waals surface area contributed by atoms with Crippen LogP contribution < -0.4 is 0 Å². The van der Waals surface area contributed by atoms with E-state index in [2.05, 4.69) is 129 Å². The molecule has 12 heteroatoms. The van der Waals surface area contributed by atoms with Gasteiger partial charge in [-0.3, -0.25) is 0 Å². The highest BCUT2D eigenvalue weighted by Gasteiger charge is 2.28. The summed E-state index contributed by atoms with van der Waals surface area (Å²) in [6, 6.07) is 77.1. The second-order valence-electron chi connectivity index (χ2n) is 20.3. The number of thioether (sulfide) groups is 6. The largest absolute Gasteiger partial charge is 0.465 e. The molecule has 0 heterocycles. The number of rotatable bonds is 24. The van der Waals surface area contributed by atoms with Crippen LogP contribution in [0.3, 0.4) is 0 Å². The predicted molar refractivity (Wildman–Crippen MR) is 362 cm³/mol. The Balaban J connectivity index is 1.26. The molecule has 0 atom stereocenters. The number of esters is 3. The minimum atomic E-state index is -0.400. The van der Waals surface area contributed by atoms with Gasteiger partial charge in [-0.1, -0.05) is 182 Å². The van der Waals surface area contributed by atoms with E-state index in [0.29, 0.717) is 51.2 Å². The summed E-state index contributed by atoms with van der Waals surface area (Å²) < 4.78 is 16.9. The first kappa shape index (κ1) is 61.8. The molecule has 432 valence electrons. The van der Waals surface area contributed by atoms with Crippen LogP contribution in [0.15, 0.2) is 254 Å². The third-order valence-corrected chi connectivity index (χ3v) is 21.2. The van der Waals surface area contributed by atoms with Crippen molar-refractivity contribution in [1.82, 2.24) is 0 Å². The first-order valence-electron chi connectivity index (χ1n) is 28.0. The van der Waals surface area contributed by atoms with Crippen molar-refractivity contribution >= 4 is 88.5 Å². The molecule has 0 saturated carbocycles. The summed E-state index contributed by atoms with van der Waals surface area (Å²) in [5.41, 5.74) is 16.1. The van der Waals surface area contributed by atoms with Crippen LogP contribution >= 0.6 is 70.6 Å². The van der Waals surface area contributed by atoms with Crippen LogP contribution in [0, 0.1) is 13.8 Å². The van der Waals surface area contributed by atoms with Crippen molar-refractivity contribution in [3.05, 3.63) is 286 Å². The third-order valence-electron chi connectivity index (χ3n) is 14.5. The standard InChI is InChI=1S/C74H64O6S6/c1-49-60(57-36-62(81-43-51-24-12-6-13-25-51)69(72(75)78-3)63(37-57)82-44-52-26-14-7-15-27-52)42-61(58-38-64(83-45-53-28-16-8-17-29-53)70(73(76)79-4)65(39-58)84-46-54-30-18-9-19-31-54)50(2)68(49)59-40-66(85-47-55-32-20-10-21-33-55)71(74(77)80-5)67(41-59)86-48-56-34-22-11-23-35-56/h6-42H,43-48H2,1-5H3. The highest BCUT2D eigenvalue weighted by molar-refractivity contribution is 8.00. The van der Waals surface area contributed by atoms with E-state index in [1.54, 1.807) is 70.6 Å². The molecule has 0 bridgehead atoms. The van der Waals surface area contributed by atoms with Gasteiger partial charge in [0.25, 0.3) is 0 Å². The Kier molecular flexibility index (Phi) is 21.8. The SMILES string of the molecule is COC(=O)c1c(SCc2ccccc2)cc(-c2cc(-c3cc(SCc4ccccc4)c(C(=O)OC)c(SCc4ccccc4)c3)c(C)c(-c3cc(SCc4ccccc4)c(C(=O)OC)c(SCc4ccccc4)c3)c2C)cc1SCc1ccccc1. The van der Waals surface area contributed by atoms with Gasteiger partial charge in [-0.2, -0.15) is 0 Å². The van der Waals surface area contributed by atoms with Crippen LogP contribution in [0.25, 0.3) is 33.4 Å². The zero-order valence-corrected chi connectivity index (χ0v) is 53.4. The summed E-state index contributed by atoms with van der Waals surface area (Å²) in [6.45, 7) is 4.38. The Bertz CT molecular complexity index is 3590. The Morgan fingerprint density at radius 1 is 0.291 bits per heavy atom. The molecule has 0 aromatic heterocycles. The third kappa shape index (κ3) is 15.4. The maximum atomic E-state index is 14.3. The van der Waals surface area contributed by atoms with Crippen LogP contribution in [0.5, 0.6) is 0 Å². The van der Waals surface area contributed by atoms with Crippen LogP contribution in [-0.2, 0) is 48.7 Å². The average Bonchev–Trinajstić information content (AvgIpc) is 1.14. The van der Waals surface area contributed by atoms with Gasteiger partial charge in [-0.15, -0.1) is 70.6 Å². The molecule has 0 aliphatic carbocycles. The summed E-state index contributed by atoms with van der Waals surface area (Å²) in [5.74, 6) is 2.55. The zero-order valence-electron chi connectivity index (χ0n) is 48.5. The van der Waals surface area contributed by atoms with Gasteiger partial charge in [0.2, 0.25) is 0 Å². The monoisotopic (exact) mass is 1240 g/mol. The van der Waals surface area contributed by atoms with Gasteiger partial charge in [0.15, 0.2) is 0 Å². The lowest BCUT2D eigenvalue weighted by atomic mass is 9.84. The smallest absolute Gasteiger partial charge is 0.340 e. The molecular weight excluding hydrogens is 1180 g/mol. The molecule has 0 fully saturated rings. The Labute approximate surface area is 531 Å². The molecule has 0 aliphatic heterocycles. The quantitative estimate of drug-likeness (QED) is 0.0328. The number of carbonyl (C=O) groups is 3. The summed E-state index contributed by atoms with van der Waals surface area (Å²) in [4.78, 5) is 47.7. The van der Waals surface area contributed by atoms with Crippen molar-refractivity contribution in [3.63, 3.8) is 0 Å². The number of hydrogen-bond acceptors (Lipinski definition) is 12. The number of ether oxygens (including phenoxy) is 3. The minimum Gasteiger partial charge on any atom is -0.465 e. The summed E-state index contributed by atoms with van der Waals surface area (Å²) in [6.07, 6.45) is 0. The number of carbonyl (C=O) groups excluding carboxylic acids is 3. The average molecular weight is 1240 g/mol. The number of methoxy groups -OCH3 is 3. The van der Waals surface area contributed by atoms with Crippen molar-refractivity contribution < 1.29 is 28.6 Å². The van der Waals surface area contributed by atoms with E-state index in [0.717, 1.165) is 107 Å². The van der Waals surface area contributed by atoms with Crippen molar-refractivity contribution in [3.8, 4) is 33.4 Å². The lowest BCUT2D eigenvalue weighted by Crippen LogP contribution is -2.08. The maximum absolute atomic E-state index is 14.3. The van der Waals surface area contributed by atoms with Crippen molar-refractivity contribution in [1.29, 1.82) is 0 Å². The van der Waals surface area contributed by atoms with Crippen LogP contribution in [0.4, 0.5) is 0 Å². The molecule has 6 nitrogen and oxygen atoms in total. The van der Waals surface area contributed by atoms with Crippen LogP contribution in [0.2, 0.25) is 0 Å². The van der Waals surface area contributed by atoms with Crippen LogP contribution in [0.1, 0.15) is 75.6 Å². The zero-order chi connectivity index (χ0) is 59.8. The molecule has 86 heavy (non-hydrogen) atoms. The van der Waals surface area contributed by atoms with Crippen molar-refractivity contribution in [2.75, 3.05) is 21.3 Å². The molecular formula is C74H64O6S6. The van der Waals surface area contributed by atoms with Gasteiger partial charge in [0.05, 0.1) is 38.0 Å². The fraction of sp³-hybridized carbons (Fsp3) is 0.149. The highest BCUT2D eigenvalue weighted by atomic mass is 32.2. The molecule has 0 N–H and O–H groups in total. The van der Waals surface area contributed by atoms with Crippen molar-refractivity contribution in [2.45, 2.75) is 77.7 Å². The topological polar surface area (TPSA) is 78.9 Å². The summed E-state index contributed by atoms with van der Waals surface area (Å²) >= 11 is 9.73. The first-order valence-corrected chi connectivity index (χ1v) is 33.9. The van der Waals surface area contributed by atoms with Gasteiger partial charge in [0, 0.05) is 63.9 Å². The van der Waals surface area contributed by atoms with Gasteiger partial charge in [0.1, 0.15) is 0 Å². The molecule has 0 spiro atoms. The van der Waals surface area contributed by atoms with Gasteiger partial charge in [-0.25, -0.2) is 14.4 Å². The van der Waals surface area contributed by atoms with Crippen LogP contribution in [-0.4, -0.2) is 39.2 Å². The molecule has 0 saturated heterocycles. The van der Waals surface area contributed by atoms with E-state index in [1.807, 2.05) is 109 Å². The summed E-state index contributed by atoms with van der Waals surface area (Å²) in [7, 11) is 4.35. The van der Waals surface area contributed by atoms with Gasteiger partial charge >= 0.3 is 17.9 Å². The second-order valence-corrected chi connectivity index (χ2v) is 26.4. The Hall–Kier alpha value is -7.29. The molecule has 0 radical (unpaired) electrons. The fourth-order valence-corrected chi connectivity index (χ4v) is 16.7. The molecule has 0 amide bonds. The number of benzene rings is 10. The highest BCUT2D eigenvalue weighted by Crippen LogP contribution is 2.49. The van der Waals surface area contributed by atoms with Crippen molar-refractivity contribution in [2.24, 2.45) is 0 Å². The lowest BCUT2D eigenvalue weighted by Gasteiger charge is -2.24. The van der Waals surface area contributed by atoms with E-state index in [9.17, 15) is 14.4 Å². The Morgan fingerprint density at radius 2 is 0.488 bits per heavy atom. The first-order chi connectivity index (χ1) is 42.1. The minimum absolute atomic E-state index is 0.399. The molecule has 0 unspecified atom stereocenters. The van der Waals surface area contributed by atoms with E-state index in [4.69, 9.17) is 14.2 Å². The number of hydrogen-bond donors (Lipinski definition) is 0. The van der Waals surface area contributed by atoms with E-state index in [1.165, 1.54) is 21.3 Å². The van der Waals surface area contributed by atoms with E-state index < -0.39 is 17.9 Å². The molecule has 10 aromatic rings. The predicted octanol–water partition coefficient (Wildman–Crippen LogP) is 20.4. The second kappa shape index (κ2) is 30.4. The fourth-order valence-electron chi connectivity index (χ4n) is 10.2. The summed E-state index contributed by atoms with van der Waals surface area (Å²) in [5, 5.41) is 0. The lowest BCUT2D eigenvalue weighted by molar-refractivity contribution is 0.0584. The Morgan fingerprint density at radius 3 is 0.686 bits per heavy atom. The van der Waals surface area contributed by atoms with E-state index in [-0.39, 0.29) is 0 Å². The van der Waals surface area contributed by atoms with E-state index >= 15 is 0 Å². The van der Waals surface area contributed by atoms with Gasteiger partial charge < -0.3 is 14.2 Å².